The maximum Gasteiger partial charge on any atom is 0.342 e. The molecule has 1 amide bonds. The number of para-hydroxylation sites is 1. The number of imidazole rings is 1. The molecule has 3 N–H and O–H groups in total. The van der Waals surface area contributed by atoms with Gasteiger partial charge in [0.05, 0.1) is 27.3 Å². The average molecular weight is 538 g/mol. The summed E-state index contributed by atoms with van der Waals surface area (Å²) in [6.45, 7) is -0.493. The van der Waals surface area contributed by atoms with Crippen molar-refractivity contribution in [2.24, 2.45) is 0 Å². The summed E-state index contributed by atoms with van der Waals surface area (Å²) >= 11 is 4.81. The number of amides is 1. The molecule has 2 aromatic carbocycles. The van der Waals surface area contributed by atoms with Gasteiger partial charge in [-0.1, -0.05) is 24.3 Å². The average Bonchev–Trinajstić information content (AvgIpc) is 3.57. The summed E-state index contributed by atoms with van der Waals surface area (Å²) in [6.07, 6.45) is 1.59. The number of thiophene rings is 1. The summed E-state index contributed by atoms with van der Waals surface area (Å²) < 4.78 is 7.48. The Morgan fingerprint density at radius 3 is 2.59 bits per heavy atom. The van der Waals surface area contributed by atoms with E-state index in [1.807, 2.05) is 47.8 Å². The van der Waals surface area contributed by atoms with Crippen LogP contribution >= 0.6 is 27.3 Å². The van der Waals surface area contributed by atoms with Gasteiger partial charge in [-0.05, 0) is 51.6 Å². The number of ether oxygens (including phenoxy) is 1. The minimum Gasteiger partial charge on any atom is -0.452 e. The number of fused-ring (bicyclic) bond motifs is 1. The molecule has 0 radical (unpaired) electrons. The molecule has 3 aromatic heterocycles. The second-order valence-corrected chi connectivity index (χ2v) is 9.03. The number of carbonyl (C=O) groups is 2. The van der Waals surface area contributed by atoms with Gasteiger partial charge >= 0.3 is 11.7 Å². The summed E-state index contributed by atoms with van der Waals surface area (Å²) in [4.78, 5) is 42.9. The smallest absolute Gasteiger partial charge is 0.342 e. The zero-order valence-electron chi connectivity index (χ0n) is 17.4. The fourth-order valence-corrected chi connectivity index (χ4v) is 4.54. The number of rotatable bonds is 6. The maximum absolute atomic E-state index is 12.9. The quantitative estimate of drug-likeness (QED) is 0.278. The molecule has 0 aliphatic rings. The first kappa shape index (κ1) is 21.9. The van der Waals surface area contributed by atoms with E-state index in [1.54, 1.807) is 23.0 Å². The van der Waals surface area contributed by atoms with Crippen molar-refractivity contribution in [3.63, 3.8) is 0 Å². The van der Waals surface area contributed by atoms with E-state index in [1.165, 1.54) is 11.3 Å². The Balaban J connectivity index is 1.33. The van der Waals surface area contributed by atoms with Crippen molar-refractivity contribution >= 4 is 55.9 Å². The van der Waals surface area contributed by atoms with Gasteiger partial charge in [0.25, 0.3) is 5.91 Å². The molecule has 0 saturated carbocycles. The molecule has 5 aromatic rings. The molecule has 5 rings (SSSR count). The van der Waals surface area contributed by atoms with Crippen LogP contribution in [0.3, 0.4) is 0 Å². The predicted molar refractivity (Wildman–Crippen MR) is 132 cm³/mol. The summed E-state index contributed by atoms with van der Waals surface area (Å²) in [5.74, 6) is -1.19. The second-order valence-electron chi connectivity index (χ2n) is 7.23. The van der Waals surface area contributed by atoms with Crippen LogP contribution in [0.2, 0.25) is 0 Å². The fraction of sp³-hybridized carbons (Fsp3) is 0.0435. The number of esters is 1. The van der Waals surface area contributed by atoms with Crippen LogP contribution in [0.1, 0.15) is 10.4 Å². The number of aromatic nitrogens is 4. The molecule has 9 nitrogen and oxygen atoms in total. The summed E-state index contributed by atoms with van der Waals surface area (Å²) in [7, 11) is 0. The lowest BCUT2D eigenvalue weighted by molar-refractivity contribution is -0.119. The van der Waals surface area contributed by atoms with Gasteiger partial charge in [0.15, 0.2) is 6.61 Å². The van der Waals surface area contributed by atoms with Crippen molar-refractivity contribution in [3.05, 3.63) is 86.7 Å². The summed E-state index contributed by atoms with van der Waals surface area (Å²) in [6, 6.07) is 16.4. The van der Waals surface area contributed by atoms with Crippen molar-refractivity contribution in [2.75, 3.05) is 11.9 Å². The van der Waals surface area contributed by atoms with Gasteiger partial charge in [0, 0.05) is 10.7 Å². The molecular formula is C23H16BrN5O4S. The number of nitrogens with one attached hydrogen (secondary N) is 3. The maximum atomic E-state index is 12.9. The second kappa shape index (κ2) is 9.12. The lowest BCUT2D eigenvalue weighted by Crippen LogP contribution is -2.21. The van der Waals surface area contributed by atoms with E-state index in [-0.39, 0.29) is 11.3 Å². The Labute approximate surface area is 204 Å². The van der Waals surface area contributed by atoms with Crippen LogP contribution in [-0.4, -0.2) is 38.2 Å². The number of hydrogen-bond donors (Lipinski definition) is 3. The van der Waals surface area contributed by atoms with E-state index in [0.29, 0.717) is 26.9 Å². The first-order valence-electron chi connectivity index (χ1n) is 10.1. The van der Waals surface area contributed by atoms with E-state index in [2.05, 4.69) is 36.3 Å². The normalized spacial score (nSPS) is 11.0. The van der Waals surface area contributed by atoms with E-state index in [9.17, 15) is 14.4 Å². The number of aromatic amines is 2. The van der Waals surface area contributed by atoms with Crippen molar-refractivity contribution in [1.29, 1.82) is 0 Å². The van der Waals surface area contributed by atoms with Gasteiger partial charge in [-0.3, -0.25) is 4.79 Å². The largest absolute Gasteiger partial charge is 0.452 e. The Bertz CT molecular complexity index is 1550. The topological polar surface area (TPSA) is 122 Å². The van der Waals surface area contributed by atoms with Crippen LogP contribution in [0.5, 0.6) is 0 Å². The van der Waals surface area contributed by atoms with Crippen LogP contribution in [0.4, 0.5) is 5.69 Å². The van der Waals surface area contributed by atoms with Crippen LogP contribution in [0, 0.1) is 0 Å². The number of hydrogen-bond acceptors (Lipinski definition) is 6. The molecule has 0 fully saturated rings. The molecule has 34 heavy (non-hydrogen) atoms. The zero-order chi connectivity index (χ0) is 23.7. The van der Waals surface area contributed by atoms with Crippen LogP contribution in [0.15, 0.2) is 75.4 Å². The summed E-state index contributed by atoms with van der Waals surface area (Å²) in [5.41, 5.74) is 2.74. The highest BCUT2D eigenvalue weighted by Gasteiger charge is 2.21. The molecule has 0 unspecified atom stereocenters. The van der Waals surface area contributed by atoms with Crippen molar-refractivity contribution in [1.82, 2.24) is 19.7 Å². The van der Waals surface area contributed by atoms with Gasteiger partial charge < -0.3 is 20.0 Å². The Hall–Kier alpha value is -3.96. The number of halogens is 1. The van der Waals surface area contributed by atoms with E-state index in [0.717, 1.165) is 10.6 Å². The van der Waals surface area contributed by atoms with Crippen LogP contribution in [0.25, 0.3) is 27.3 Å². The number of nitrogens with zero attached hydrogens (tertiary/aromatic N) is 2. The molecule has 11 heteroatoms. The molecule has 0 aliphatic heterocycles. The first-order chi connectivity index (χ1) is 16.5. The van der Waals surface area contributed by atoms with Crippen molar-refractivity contribution in [3.8, 4) is 16.3 Å². The van der Waals surface area contributed by atoms with Crippen LogP contribution < -0.4 is 11.0 Å². The SMILES string of the molecule is O=C(COC(=O)c1cn(-c2ccccc2)nc1-c1cccs1)Nc1cc2[nH]c(=O)[nH]c2cc1Br. The number of benzene rings is 2. The highest BCUT2D eigenvalue weighted by Crippen LogP contribution is 2.29. The van der Waals surface area contributed by atoms with Gasteiger partial charge in [-0.15, -0.1) is 11.3 Å². The third kappa shape index (κ3) is 4.43. The lowest BCUT2D eigenvalue weighted by atomic mass is 10.2. The standard InChI is InChI=1S/C23H16BrN5O4S/c24-15-9-17-18(27-23(32)26-17)10-16(15)25-20(30)12-33-22(31)14-11-29(13-5-2-1-3-6-13)28-21(14)19-7-4-8-34-19/h1-11H,12H2,(H,25,30)(H2,26,27,32). The number of H-pyrrole nitrogens is 2. The van der Waals surface area contributed by atoms with Gasteiger partial charge in [-0.25, -0.2) is 14.3 Å². The molecular weight excluding hydrogens is 522 g/mol. The van der Waals surface area contributed by atoms with E-state index in [4.69, 9.17) is 4.74 Å². The Kier molecular flexibility index (Phi) is 5.86. The predicted octanol–water partition coefficient (Wildman–Crippen LogP) is 4.33. The van der Waals surface area contributed by atoms with Crippen molar-refractivity contribution < 1.29 is 14.3 Å². The Morgan fingerprint density at radius 2 is 1.85 bits per heavy atom. The third-order valence-corrected chi connectivity index (χ3v) is 6.45. The van der Waals surface area contributed by atoms with Gasteiger partial charge in [0.2, 0.25) is 0 Å². The first-order valence-corrected chi connectivity index (χ1v) is 11.7. The fourth-order valence-electron chi connectivity index (χ4n) is 3.38. The highest BCUT2D eigenvalue weighted by atomic mass is 79.9. The minimum absolute atomic E-state index is 0.256. The number of anilines is 1. The molecule has 0 saturated heterocycles. The van der Waals surface area contributed by atoms with Crippen molar-refractivity contribution in [2.45, 2.75) is 0 Å². The minimum atomic E-state index is -0.662. The molecule has 0 bridgehead atoms. The molecule has 0 atom stereocenters. The molecule has 170 valence electrons. The zero-order valence-corrected chi connectivity index (χ0v) is 19.8. The highest BCUT2D eigenvalue weighted by molar-refractivity contribution is 9.10. The Morgan fingerprint density at radius 1 is 1.09 bits per heavy atom. The third-order valence-electron chi connectivity index (χ3n) is 4.92. The molecule has 0 spiro atoms. The lowest BCUT2D eigenvalue weighted by Gasteiger charge is -2.08. The van der Waals surface area contributed by atoms with E-state index >= 15 is 0 Å². The van der Waals surface area contributed by atoms with E-state index < -0.39 is 18.5 Å². The van der Waals surface area contributed by atoms with Crippen LogP contribution in [-0.2, 0) is 9.53 Å². The summed E-state index contributed by atoms with van der Waals surface area (Å²) in [5, 5.41) is 9.14. The monoisotopic (exact) mass is 537 g/mol. The molecule has 3 heterocycles. The molecule has 0 aliphatic carbocycles. The number of carbonyl (C=O) groups excluding carboxylic acids is 2. The van der Waals surface area contributed by atoms with Gasteiger partial charge in [0.1, 0.15) is 11.3 Å². The van der Waals surface area contributed by atoms with Gasteiger partial charge in [-0.2, -0.15) is 5.10 Å².